The maximum atomic E-state index is 13.5. The van der Waals surface area contributed by atoms with Gasteiger partial charge in [0.25, 0.3) is 0 Å². The van der Waals surface area contributed by atoms with Crippen molar-refractivity contribution in [2.75, 3.05) is 13.3 Å². The van der Waals surface area contributed by atoms with E-state index in [2.05, 4.69) is 0 Å². The lowest BCUT2D eigenvalue weighted by Gasteiger charge is -2.39. The summed E-state index contributed by atoms with van der Waals surface area (Å²) in [5, 5.41) is 11.2. The maximum absolute atomic E-state index is 13.5. The summed E-state index contributed by atoms with van der Waals surface area (Å²) < 4.78 is 39.4. The third kappa shape index (κ3) is 3.69. The molecule has 2 aliphatic rings. The largest absolute Gasteiger partial charge is 0.454 e. The summed E-state index contributed by atoms with van der Waals surface area (Å²) in [4.78, 5) is 0.178. The van der Waals surface area contributed by atoms with Crippen LogP contribution in [-0.2, 0) is 22.9 Å². The van der Waals surface area contributed by atoms with Crippen molar-refractivity contribution < 1.29 is 23.0 Å². The van der Waals surface area contributed by atoms with Crippen LogP contribution >= 0.6 is 0 Å². The summed E-state index contributed by atoms with van der Waals surface area (Å²) in [6.07, 6.45) is -0.00633. The Kier molecular flexibility index (Phi) is 5.17. The van der Waals surface area contributed by atoms with Crippen molar-refractivity contribution in [3.63, 3.8) is 0 Å². The van der Waals surface area contributed by atoms with E-state index in [-0.39, 0.29) is 18.2 Å². The lowest BCUT2D eigenvalue weighted by molar-refractivity contribution is 0.0800. The summed E-state index contributed by atoms with van der Waals surface area (Å²) in [7, 11) is -3.75. The average Bonchev–Trinajstić information content (AvgIpc) is 3.26. The van der Waals surface area contributed by atoms with E-state index in [9.17, 15) is 13.5 Å². The number of aliphatic hydroxyl groups excluding tert-OH is 1. The molecule has 6 nitrogen and oxygen atoms in total. The smallest absolute Gasteiger partial charge is 0.243 e. The number of ether oxygens (including phenoxy) is 2. The summed E-state index contributed by atoms with van der Waals surface area (Å²) in [6, 6.07) is 21.4. The average molecular weight is 438 g/mol. The second-order valence-corrected chi connectivity index (χ2v) is 9.65. The molecule has 31 heavy (non-hydrogen) atoms. The van der Waals surface area contributed by atoms with E-state index in [1.54, 1.807) is 24.3 Å². The van der Waals surface area contributed by atoms with Crippen molar-refractivity contribution in [3.8, 4) is 11.5 Å². The zero-order chi connectivity index (χ0) is 21.4. The van der Waals surface area contributed by atoms with Crippen LogP contribution in [0, 0.1) is 0 Å². The van der Waals surface area contributed by atoms with Gasteiger partial charge in [-0.1, -0.05) is 54.6 Å². The Morgan fingerprint density at radius 3 is 2.48 bits per heavy atom. The van der Waals surface area contributed by atoms with Crippen LogP contribution < -0.4 is 9.47 Å². The highest BCUT2D eigenvalue weighted by molar-refractivity contribution is 7.89. The van der Waals surface area contributed by atoms with Gasteiger partial charge >= 0.3 is 0 Å². The molecule has 3 aromatic carbocycles. The molecular formula is C24H23NO5S. The second-order valence-electron chi connectivity index (χ2n) is 7.79. The van der Waals surface area contributed by atoms with Crippen LogP contribution in [0.5, 0.6) is 11.5 Å². The summed E-state index contributed by atoms with van der Waals surface area (Å²) in [5.41, 5.74) is 2.38. The van der Waals surface area contributed by atoms with Crippen LogP contribution in [0.15, 0.2) is 77.7 Å². The summed E-state index contributed by atoms with van der Waals surface area (Å²) >= 11 is 0. The second kappa shape index (κ2) is 8.00. The van der Waals surface area contributed by atoms with Crippen LogP contribution in [0.3, 0.4) is 0 Å². The Balaban J connectivity index is 1.51. The summed E-state index contributed by atoms with van der Waals surface area (Å²) in [5.74, 6) is 1.31. The first-order chi connectivity index (χ1) is 15.0. The highest BCUT2D eigenvalue weighted by atomic mass is 32.2. The molecule has 3 aromatic rings. The molecule has 0 aromatic heterocycles. The number of rotatable bonds is 5. The van der Waals surface area contributed by atoms with Crippen LogP contribution in [0.4, 0.5) is 0 Å². The fraction of sp³-hybridized carbons (Fsp3) is 0.250. The molecule has 160 valence electrons. The predicted molar refractivity (Wildman–Crippen MR) is 115 cm³/mol. The molecule has 2 heterocycles. The van der Waals surface area contributed by atoms with E-state index >= 15 is 0 Å². The van der Waals surface area contributed by atoms with Crippen LogP contribution in [-0.4, -0.2) is 37.2 Å². The maximum Gasteiger partial charge on any atom is 0.243 e. The van der Waals surface area contributed by atoms with Crippen molar-refractivity contribution in [1.82, 2.24) is 4.31 Å². The number of fused-ring (bicyclic) bond motifs is 2. The van der Waals surface area contributed by atoms with Gasteiger partial charge in [-0.2, -0.15) is 4.31 Å². The highest BCUT2D eigenvalue weighted by Crippen LogP contribution is 2.39. The Hall–Kier alpha value is -2.87. The number of aliphatic hydroxyl groups is 1. The first-order valence-electron chi connectivity index (χ1n) is 10.3. The lowest BCUT2D eigenvalue weighted by Crippen LogP contribution is -2.49. The summed E-state index contributed by atoms with van der Waals surface area (Å²) in [6.45, 7) is 0.461. The molecule has 0 saturated heterocycles. The van der Waals surface area contributed by atoms with Gasteiger partial charge in [0.2, 0.25) is 16.8 Å². The fourth-order valence-corrected chi connectivity index (χ4v) is 6.19. The molecule has 0 amide bonds. The van der Waals surface area contributed by atoms with Gasteiger partial charge in [0.1, 0.15) is 0 Å². The third-order valence-electron chi connectivity index (χ3n) is 5.90. The van der Waals surface area contributed by atoms with Gasteiger partial charge in [-0.25, -0.2) is 8.42 Å². The van der Waals surface area contributed by atoms with E-state index in [4.69, 9.17) is 9.47 Å². The minimum absolute atomic E-state index is 0.176. The Bertz CT molecular complexity index is 1200. The standard InChI is InChI=1S/C24H23NO5S/c26-24-19-8-4-5-9-23(19)31(27,28)25(13-12-17-6-2-1-3-7-17)20(24)14-18-10-11-21-22(15-18)30-16-29-21/h1-11,15,20,24,26H,12-14,16H2/t20-,24+/m1/s1. The van der Waals surface area contributed by atoms with Crippen molar-refractivity contribution in [3.05, 3.63) is 89.5 Å². The first kappa shape index (κ1) is 20.1. The first-order valence-corrected chi connectivity index (χ1v) is 11.7. The topological polar surface area (TPSA) is 76.1 Å². The fourth-order valence-electron chi connectivity index (χ4n) is 4.32. The minimum atomic E-state index is -3.75. The molecule has 0 saturated carbocycles. The molecule has 1 N–H and O–H groups in total. The van der Waals surface area contributed by atoms with Gasteiger partial charge in [-0.15, -0.1) is 0 Å². The molecule has 2 aliphatic heterocycles. The highest BCUT2D eigenvalue weighted by Gasteiger charge is 2.43. The van der Waals surface area contributed by atoms with E-state index in [0.29, 0.717) is 29.9 Å². The zero-order valence-corrected chi connectivity index (χ0v) is 17.7. The molecular weight excluding hydrogens is 414 g/mol. The Morgan fingerprint density at radius 1 is 0.903 bits per heavy atom. The van der Waals surface area contributed by atoms with Crippen LogP contribution in [0.25, 0.3) is 0 Å². The molecule has 0 unspecified atom stereocenters. The molecule has 0 radical (unpaired) electrons. The SMILES string of the molecule is O=S1(=O)c2ccccc2[C@H](O)[C@@H](Cc2ccc3c(c2)OCO3)N1CCc1ccccc1. The number of hydrogen-bond donors (Lipinski definition) is 1. The number of benzene rings is 3. The number of hydrogen-bond acceptors (Lipinski definition) is 5. The van der Waals surface area contributed by atoms with Gasteiger partial charge < -0.3 is 14.6 Å². The van der Waals surface area contributed by atoms with Gasteiger partial charge in [0, 0.05) is 12.1 Å². The van der Waals surface area contributed by atoms with E-state index in [1.165, 1.54) is 4.31 Å². The molecule has 2 atom stereocenters. The van der Waals surface area contributed by atoms with E-state index in [0.717, 1.165) is 11.1 Å². The van der Waals surface area contributed by atoms with Crippen molar-refractivity contribution in [2.45, 2.75) is 29.9 Å². The van der Waals surface area contributed by atoms with E-state index in [1.807, 2.05) is 48.5 Å². The Labute approximate surface area is 181 Å². The normalized spacial score (nSPS) is 21.6. The predicted octanol–water partition coefficient (Wildman–Crippen LogP) is 3.31. The van der Waals surface area contributed by atoms with E-state index < -0.39 is 22.2 Å². The van der Waals surface area contributed by atoms with Crippen LogP contribution in [0.2, 0.25) is 0 Å². The molecule has 0 spiro atoms. The quantitative estimate of drug-likeness (QED) is 0.663. The molecule has 0 aliphatic carbocycles. The van der Waals surface area contributed by atoms with Crippen molar-refractivity contribution in [2.24, 2.45) is 0 Å². The van der Waals surface area contributed by atoms with Crippen molar-refractivity contribution in [1.29, 1.82) is 0 Å². The van der Waals surface area contributed by atoms with Crippen molar-refractivity contribution >= 4 is 10.0 Å². The van der Waals surface area contributed by atoms with Crippen LogP contribution in [0.1, 0.15) is 22.8 Å². The van der Waals surface area contributed by atoms with Gasteiger partial charge in [-0.3, -0.25) is 0 Å². The molecule has 0 bridgehead atoms. The number of nitrogens with zero attached hydrogens (tertiary/aromatic N) is 1. The Morgan fingerprint density at radius 2 is 1.65 bits per heavy atom. The third-order valence-corrected chi connectivity index (χ3v) is 7.90. The molecule has 0 fully saturated rings. The minimum Gasteiger partial charge on any atom is -0.454 e. The zero-order valence-electron chi connectivity index (χ0n) is 16.8. The molecule has 7 heteroatoms. The number of sulfonamides is 1. The lowest BCUT2D eigenvalue weighted by atomic mass is 9.95. The monoisotopic (exact) mass is 437 g/mol. The van der Waals surface area contributed by atoms with Gasteiger partial charge in [0.05, 0.1) is 17.0 Å². The van der Waals surface area contributed by atoms with Gasteiger partial charge in [-0.05, 0) is 42.2 Å². The van der Waals surface area contributed by atoms with Gasteiger partial charge in [0.15, 0.2) is 11.5 Å². The molecule has 5 rings (SSSR count).